The Morgan fingerprint density at radius 2 is 1.50 bits per heavy atom. The second kappa shape index (κ2) is 4.58. The zero-order valence-electron chi connectivity index (χ0n) is 8.93. The summed E-state index contributed by atoms with van der Waals surface area (Å²) in [7, 11) is 2.04. The van der Waals surface area contributed by atoms with Crippen LogP contribution in [0.3, 0.4) is 0 Å². The van der Waals surface area contributed by atoms with Crippen molar-refractivity contribution in [1.29, 1.82) is 0 Å². The molecule has 82 valence electrons. The van der Waals surface area contributed by atoms with Crippen LogP contribution in [-0.2, 0) is 0 Å². The summed E-state index contributed by atoms with van der Waals surface area (Å²) in [6, 6.07) is 1.83. The van der Waals surface area contributed by atoms with E-state index < -0.39 is 6.17 Å². The summed E-state index contributed by atoms with van der Waals surface area (Å²) in [5.41, 5.74) is 0. The van der Waals surface area contributed by atoms with Gasteiger partial charge in [-0.05, 0) is 45.6 Å². The molecule has 0 unspecified atom stereocenters. The van der Waals surface area contributed by atoms with Gasteiger partial charge < -0.3 is 10.6 Å². The summed E-state index contributed by atoms with van der Waals surface area (Å²) in [5.74, 6) is 0. The van der Waals surface area contributed by atoms with Gasteiger partial charge in [-0.2, -0.15) is 0 Å². The molecule has 0 bridgehead atoms. The fourth-order valence-corrected chi connectivity index (χ4v) is 2.57. The van der Waals surface area contributed by atoms with Crippen molar-refractivity contribution >= 4 is 0 Å². The first-order chi connectivity index (χ1) is 6.78. The van der Waals surface area contributed by atoms with Gasteiger partial charge in [0, 0.05) is 18.1 Å². The highest BCUT2D eigenvalue weighted by molar-refractivity contribution is 4.89. The van der Waals surface area contributed by atoms with Gasteiger partial charge in [0.2, 0.25) is 0 Å². The zero-order valence-corrected chi connectivity index (χ0v) is 8.93. The van der Waals surface area contributed by atoms with Gasteiger partial charge in [-0.1, -0.05) is 0 Å². The van der Waals surface area contributed by atoms with Crippen molar-refractivity contribution in [3.05, 3.63) is 0 Å². The minimum atomic E-state index is -0.527. The molecule has 0 amide bonds. The molecule has 2 rings (SSSR count). The quantitative estimate of drug-likeness (QED) is 0.723. The van der Waals surface area contributed by atoms with Gasteiger partial charge in [0.05, 0.1) is 0 Å². The molecule has 2 saturated carbocycles. The van der Waals surface area contributed by atoms with E-state index in [0.717, 1.165) is 12.8 Å². The highest BCUT2D eigenvalue weighted by atomic mass is 19.1. The van der Waals surface area contributed by atoms with Gasteiger partial charge in [-0.25, -0.2) is 4.39 Å². The number of hydrogen-bond acceptors (Lipinski definition) is 2. The summed E-state index contributed by atoms with van der Waals surface area (Å²) in [6.07, 6.45) is 5.98. The summed E-state index contributed by atoms with van der Waals surface area (Å²) >= 11 is 0. The molecule has 14 heavy (non-hydrogen) atoms. The van der Waals surface area contributed by atoms with Crippen LogP contribution >= 0.6 is 0 Å². The van der Waals surface area contributed by atoms with Crippen LogP contribution < -0.4 is 10.6 Å². The largest absolute Gasteiger partial charge is 0.317 e. The lowest BCUT2D eigenvalue weighted by atomic mass is 9.86. The van der Waals surface area contributed by atoms with Crippen LogP contribution in [0.15, 0.2) is 0 Å². The van der Waals surface area contributed by atoms with Crippen LogP contribution in [0.4, 0.5) is 4.39 Å². The van der Waals surface area contributed by atoms with Crippen LogP contribution in [0.25, 0.3) is 0 Å². The number of rotatable bonds is 3. The molecule has 2 aliphatic carbocycles. The highest BCUT2D eigenvalue weighted by Crippen LogP contribution is 2.26. The molecule has 2 N–H and O–H groups in total. The van der Waals surface area contributed by atoms with E-state index in [9.17, 15) is 4.39 Å². The molecule has 2 nitrogen and oxygen atoms in total. The topological polar surface area (TPSA) is 24.1 Å². The lowest BCUT2D eigenvalue weighted by Crippen LogP contribution is -2.49. The summed E-state index contributed by atoms with van der Waals surface area (Å²) in [4.78, 5) is 0. The lowest BCUT2D eigenvalue weighted by Gasteiger charge is -2.37. The van der Waals surface area contributed by atoms with E-state index in [1.165, 1.54) is 25.7 Å². The van der Waals surface area contributed by atoms with Gasteiger partial charge >= 0.3 is 0 Å². The lowest BCUT2D eigenvalue weighted by molar-refractivity contribution is 0.137. The Bertz CT molecular complexity index is 172. The van der Waals surface area contributed by atoms with Gasteiger partial charge in [0.25, 0.3) is 0 Å². The smallest absolute Gasteiger partial charge is 0.103 e. The van der Waals surface area contributed by atoms with E-state index in [2.05, 4.69) is 10.6 Å². The molecule has 0 atom stereocenters. The third-order valence-corrected chi connectivity index (χ3v) is 3.69. The fourth-order valence-electron chi connectivity index (χ4n) is 2.57. The van der Waals surface area contributed by atoms with Crippen LogP contribution in [-0.4, -0.2) is 31.3 Å². The molecule has 0 heterocycles. The molecule has 0 aromatic rings. The first kappa shape index (κ1) is 10.4. The molecule has 0 spiro atoms. The van der Waals surface area contributed by atoms with Gasteiger partial charge in [0.15, 0.2) is 0 Å². The van der Waals surface area contributed by atoms with Crippen molar-refractivity contribution in [1.82, 2.24) is 10.6 Å². The van der Waals surface area contributed by atoms with Crippen molar-refractivity contribution in [2.75, 3.05) is 7.05 Å². The third kappa shape index (κ3) is 2.45. The average molecular weight is 200 g/mol. The van der Waals surface area contributed by atoms with Crippen molar-refractivity contribution in [3.63, 3.8) is 0 Å². The maximum atomic E-state index is 12.6. The number of halogens is 1. The van der Waals surface area contributed by atoms with Crippen molar-refractivity contribution in [2.45, 2.75) is 62.8 Å². The number of alkyl halides is 1. The first-order valence-corrected chi connectivity index (χ1v) is 5.85. The number of hydrogen-bond donors (Lipinski definition) is 2. The molecular formula is C11H21FN2. The monoisotopic (exact) mass is 200 g/mol. The predicted octanol–water partition coefficient (Wildman–Crippen LogP) is 1.61. The Morgan fingerprint density at radius 1 is 0.929 bits per heavy atom. The fraction of sp³-hybridized carbons (Fsp3) is 1.00. The highest BCUT2D eigenvalue weighted by Gasteiger charge is 2.31. The summed E-state index contributed by atoms with van der Waals surface area (Å²) in [5, 5.41) is 6.89. The van der Waals surface area contributed by atoms with Gasteiger partial charge in [-0.3, -0.25) is 0 Å². The summed E-state index contributed by atoms with van der Waals surface area (Å²) in [6.45, 7) is 0. The Hall–Kier alpha value is -0.150. The minimum absolute atomic E-state index is 0.473. The molecule has 0 aromatic carbocycles. The molecule has 2 aliphatic rings. The Labute approximate surface area is 85.6 Å². The van der Waals surface area contributed by atoms with Crippen LogP contribution in [0.2, 0.25) is 0 Å². The SMILES string of the molecule is CNC1CCC(NC2CC(F)C2)CC1. The molecule has 0 aliphatic heterocycles. The second-order valence-corrected chi connectivity index (χ2v) is 4.77. The van der Waals surface area contributed by atoms with Gasteiger partial charge in [-0.15, -0.1) is 0 Å². The van der Waals surface area contributed by atoms with E-state index in [-0.39, 0.29) is 0 Å². The van der Waals surface area contributed by atoms with Crippen LogP contribution in [0.5, 0.6) is 0 Å². The average Bonchev–Trinajstić information content (AvgIpc) is 2.17. The molecular weight excluding hydrogens is 179 g/mol. The Balaban J connectivity index is 1.64. The van der Waals surface area contributed by atoms with Crippen molar-refractivity contribution < 1.29 is 4.39 Å². The zero-order chi connectivity index (χ0) is 9.97. The first-order valence-electron chi connectivity index (χ1n) is 5.85. The Kier molecular flexibility index (Phi) is 3.39. The molecule has 0 radical (unpaired) electrons. The normalized spacial score (nSPS) is 43.3. The van der Waals surface area contributed by atoms with Gasteiger partial charge in [0.1, 0.15) is 6.17 Å². The maximum absolute atomic E-state index is 12.6. The molecule has 3 heteroatoms. The second-order valence-electron chi connectivity index (χ2n) is 4.77. The molecule has 2 fully saturated rings. The van der Waals surface area contributed by atoms with E-state index in [4.69, 9.17) is 0 Å². The van der Waals surface area contributed by atoms with Crippen LogP contribution in [0.1, 0.15) is 38.5 Å². The van der Waals surface area contributed by atoms with E-state index in [1.54, 1.807) is 0 Å². The summed E-state index contributed by atoms with van der Waals surface area (Å²) < 4.78 is 12.6. The predicted molar refractivity (Wildman–Crippen MR) is 56.2 cm³/mol. The minimum Gasteiger partial charge on any atom is -0.317 e. The maximum Gasteiger partial charge on any atom is 0.103 e. The van der Waals surface area contributed by atoms with Crippen LogP contribution in [0, 0.1) is 0 Å². The van der Waals surface area contributed by atoms with E-state index in [1.807, 2.05) is 7.05 Å². The molecule has 0 aromatic heterocycles. The Morgan fingerprint density at radius 3 is 2.00 bits per heavy atom. The third-order valence-electron chi connectivity index (χ3n) is 3.69. The van der Waals surface area contributed by atoms with Crippen molar-refractivity contribution in [3.8, 4) is 0 Å². The van der Waals surface area contributed by atoms with E-state index in [0.29, 0.717) is 18.1 Å². The molecule has 0 saturated heterocycles. The standard InChI is InChI=1S/C11H21FN2/c1-13-9-2-4-10(5-3-9)14-11-6-8(12)7-11/h8-11,13-14H,2-7H2,1H3. The van der Waals surface area contributed by atoms with Crippen molar-refractivity contribution in [2.24, 2.45) is 0 Å². The van der Waals surface area contributed by atoms with E-state index >= 15 is 0 Å². The number of nitrogens with one attached hydrogen (secondary N) is 2.